The molecule has 1 aromatic heterocycles. The van der Waals surface area contributed by atoms with E-state index in [1.54, 1.807) is 4.68 Å². The van der Waals surface area contributed by atoms with Crippen LogP contribution < -0.4 is 0 Å². The number of carboxylic acid groups (broad SMARTS) is 1. The maximum Gasteiger partial charge on any atom is 0.326 e. The minimum Gasteiger partial charge on any atom is -0.480 e. The molecule has 0 radical (unpaired) electrons. The molecule has 2 aromatic rings. The van der Waals surface area contributed by atoms with Crippen molar-refractivity contribution in [2.75, 3.05) is 0 Å². The van der Waals surface area contributed by atoms with Crippen LogP contribution >= 0.6 is 0 Å². The average Bonchev–Trinajstić information content (AvgIpc) is 2.82. The van der Waals surface area contributed by atoms with Crippen molar-refractivity contribution < 1.29 is 14.7 Å². The highest BCUT2D eigenvalue weighted by molar-refractivity contribution is 5.83. The van der Waals surface area contributed by atoms with Crippen LogP contribution in [0.25, 0.3) is 0 Å². The first-order valence-corrected chi connectivity index (χ1v) is 7.45. The van der Waals surface area contributed by atoms with Gasteiger partial charge in [0.15, 0.2) is 0 Å². The van der Waals surface area contributed by atoms with Gasteiger partial charge < -0.3 is 10.0 Å². The van der Waals surface area contributed by atoms with Crippen molar-refractivity contribution in [2.45, 2.75) is 39.9 Å². The predicted octanol–water partition coefficient (Wildman–Crippen LogP) is 2.00. The third-order valence-electron chi connectivity index (χ3n) is 3.73. The number of aryl methyl sites for hydroxylation is 2. The smallest absolute Gasteiger partial charge is 0.326 e. The Balaban J connectivity index is 2.20. The minimum atomic E-state index is -1.03. The first-order valence-electron chi connectivity index (χ1n) is 7.45. The summed E-state index contributed by atoms with van der Waals surface area (Å²) < 4.78 is 1.60. The van der Waals surface area contributed by atoms with Gasteiger partial charge >= 0.3 is 5.97 Å². The van der Waals surface area contributed by atoms with Gasteiger partial charge in [-0.15, -0.1) is 0 Å². The molecule has 0 fully saturated rings. The van der Waals surface area contributed by atoms with E-state index in [9.17, 15) is 14.7 Å². The van der Waals surface area contributed by atoms with E-state index in [0.29, 0.717) is 0 Å². The molecule has 1 atom stereocenters. The largest absolute Gasteiger partial charge is 0.480 e. The predicted molar refractivity (Wildman–Crippen MR) is 85.8 cm³/mol. The summed E-state index contributed by atoms with van der Waals surface area (Å²) in [4.78, 5) is 25.3. The van der Waals surface area contributed by atoms with Gasteiger partial charge in [-0.1, -0.05) is 30.3 Å². The summed E-state index contributed by atoms with van der Waals surface area (Å²) in [5, 5.41) is 13.6. The Bertz CT molecular complexity index is 694. The number of carbonyl (C=O) groups excluding carboxylic acids is 1. The molecule has 0 aliphatic rings. The van der Waals surface area contributed by atoms with Crippen LogP contribution in [0, 0.1) is 13.8 Å². The van der Waals surface area contributed by atoms with Crippen molar-refractivity contribution in [2.24, 2.45) is 0 Å². The van der Waals surface area contributed by atoms with Gasteiger partial charge in [0.1, 0.15) is 12.6 Å². The highest BCUT2D eigenvalue weighted by Gasteiger charge is 2.26. The first kappa shape index (κ1) is 16.7. The lowest BCUT2D eigenvalue weighted by Gasteiger charge is -2.27. The van der Waals surface area contributed by atoms with Gasteiger partial charge in [-0.05, 0) is 32.4 Å². The van der Waals surface area contributed by atoms with Crippen molar-refractivity contribution in [3.8, 4) is 0 Å². The molecule has 1 aromatic carbocycles. The minimum absolute atomic E-state index is 0.0319. The van der Waals surface area contributed by atoms with Gasteiger partial charge in [0, 0.05) is 12.2 Å². The number of rotatable bonds is 6. The van der Waals surface area contributed by atoms with E-state index in [1.165, 1.54) is 11.8 Å². The van der Waals surface area contributed by atoms with Gasteiger partial charge in [0.25, 0.3) is 0 Å². The topological polar surface area (TPSA) is 75.4 Å². The molecule has 0 spiro atoms. The quantitative estimate of drug-likeness (QED) is 0.884. The summed E-state index contributed by atoms with van der Waals surface area (Å²) in [6.45, 7) is 5.53. The Labute approximate surface area is 135 Å². The van der Waals surface area contributed by atoms with Crippen LogP contribution in [0.2, 0.25) is 0 Å². The second-order valence-electron chi connectivity index (χ2n) is 5.61. The SMILES string of the molecule is Cc1cc(C)n(CC(=O)N(Cc2ccccc2)C(C)C(=O)O)n1. The summed E-state index contributed by atoms with van der Waals surface area (Å²) in [5.74, 6) is -1.29. The Morgan fingerprint density at radius 3 is 2.43 bits per heavy atom. The van der Waals surface area contributed by atoms with Gasteiger partial charge in [-0.3, -0.25) is 9.48 Å². The number of benzene rings is 1. The summed E-state index contributed by atoms with van der Waals surface area (Å²) in [6.07, 6.45) is 0. The molecule has 2 rings (SSSR count). The van der Waals surface area contributed by atoms with Gasteiger partial charge in [0.05, 0.1) is 5.69 Å². The fourth-order valence-electron chi connectivity index (χ4n) is 2.41. The van der Waals surface area contributed by atoms with Crippen molar-refractivity contribution >= 4 is 11.9 Å². The van der Waals surface area contributed by atoms with Crippen molar-refractivity contribution in [1.29, 1.82) is 0 Å². The van der Waals surface area contributed by atoms with Gasteiger partial charge in [0.2, 0.25) is 5.91 Å². The summed E-state index contributed by atoms with van der Waals surface area (Å²) in [7, 11) is 0. The third kappa shape index (κ3) is 4.18. The maximum absolute atomic E-state index is 12.6. The number of aromatic nitrogens is 2. The Kier molecular flexibility index (Phi) is 5.16. The molecule has 6 heteroatoms. The van der Waals surface area contributed by atoms with Crippen molar-refractivity contribution in [1.82, 2.24) is 14.7 Å². The number of carbonyl (C=O) groups is 2. The van der Waals surface area contributed by atoms with Crippen LogP contribution in [0.5, 0.6) is 0 Å². The van der Waals surface area contributed by atoms with Crippen molar-refractivity contribution in [3.05, 3.63) is 53.3 Å². The van der Waals surface area contributed by atoms with Crippen LogP contribution in [0.4, 0.5) is 0 Å². The molecule has 6 nitrogen and oxygen atoms in total. The van der Waals surface area contributed by atoms with E-state index in [1.807, 2.05) is 50.2 Å². The highest BCUT2D eigenvalue weighted by Crippen LogP contribution is 2.11. The van der Waals surface area contributed by atoms with Crippen LogP contribution in [-0.4, -0.2) is 37.7 Å². The lowest BCUT2D eigenvalue weighted by molar-refractivity contribution is -0.150. The van der Waals surface area contributed by atoms with E-state index < -0.39 is 12.0 Å². The number of aliphatic carboxylic acids is 1. The molecule has 1 unspecified atom stereocenters. The average molecular weight is 315 g/mol. The standard InChI is InChI=1S/C17H21N3O3/c1-12-9-13(2)20(18-12)11-16(21)19(14(3)17(22)23)10-15-7-5-4-6-8-15/h4-9,14H,10-11H2,1-3H3,(H,22,23). The first-order chi connectivity index (χ1) is 10.9. The van der Waals surface area contributed by atoms with Crippen LogP contribution in [0.3, 0.4) is 0 Å². The van der Waals surface area contributed by atoms with Gasteiger partial charge in [-0.2, -0.15) is 5.10 Å². The van der Waals surface area contributed by atoms with E-state index in [4.69, 9.17) is 0 Å². The zero-order valence-corrected chi connectivity index (χ0v) is 13.6. The van der Waals surface area contributed by atoms with E-state index >= 15 is 0 Å². The molecule has 0 saturated carbocycles. The molecule has 1 heterocycles. The fraction of sp³-hybridized carbons (Fsp3) is 0.353. The highest BCUT2D eigenvalue weighted by atomic mass is 16.4. The molecule has 122 valence electrons. The molecule has 0 saturated heterocycles. The molecule has 0 aliphatic heterocycles. The van der Waals surface area contributed by atoms with Gasteiger partial charge in [-0.25, -0.2) is 4.79 Å². The summed E-state index contributed by atoms with van der Waals surface area (Å²) >= 11 is 0. The monoisotopic (exact) mass is 315 g/mol. The number of carboxylic acids is 1. The Hall–Kier alpha value is -2.63. The summed E-state index contributed by atoms with van der Waals surface area (Å²) in [5.41, 5.74) is 2.59. The second-order valence-corrected chi connectivity index (χ2v) is 5.61. The molecule has 0 aliphatic carbocycles. The molecule has 1 N–H and O–H groups in total. The van der Waals surface area contributed by atoms with Crippen LogP contribution in [0.1, 0.15) is 23.9 Å². The molecular formula is C17H21N3O3. The summed E-state index contributed by atoms with van der Waals surface area (Å²) in [6, 6.07) is 10.3. The van der Waals surface area contributed by atoms with E-state index in [2.05, 4.69) is 5.10 Å². The number of nitrogens with zero attached hydrogens (tertiary/aromatic N) is 3. The second kappa shape index (κ2) is 7.09. The maximum atomic E-state index is 12.6. The number of amides is 1. The zero-order valence-electron chi connectivity index (χ0n) is 13.6. The Morgan fingerprint density at radius 1 is 1.26 bits per heavy atom. The molecule has 23 heavy (non-hydrogen) atoms. The van der Waals surface area contributed by atoms with Crippen LogP contribution in [-0.2, 0) is 22.7 Å². The Morgan fingerprint density at radius 2 is 1.91 bits per heavy atom. The lowest BCUT2D eigenvalue weighted by atomic mass is 10.1. The third-order valence-corrected chi connectivity index (χ3v) is 3.73. The number of hydrogen-bond donors (Lipinski definition) is 1. The lowest BCUT2D eigenvalue weighted by Crippen LogP contribution is -2.44. The molecule has 1 amide bonds. The van der Waals surface area contributed by atoms with E-state index in [0.717, 1.165) is 17.0 Å². The zero-order chi connectivity index (χ0) is 17.0. The number of hydrogen-bond acceptors (Lipinski definition) is 3. The fourth-order valence-corrected chi connectivity index (χ4v) is 2.41. The molecule has 0 bridgehead atoms. The van der Waals surface area contributed by atoms with Crippen LogP contribution in [0.15, 0.2) is 36.4 Å². The normalized spacial score (nSPS) is 12.0. The van der Waals surface area contributed by atoms with E-state index in [-0.39, 0.29) is 19.0 Å². The van der Waals surface area contributed by atoms with Crippen molar-refractivity contribution in [3.63, 3.8) is 0 Å². The molecular weight excluding hydrogens is 294 g/mol.